The Morgan fingerprint density at radius 2 is 2.25 bits per heavy atom. The van der Waals surface area contributed by atoms with Crippen molar-refractivity contribution in [3.63, 3.8) is 0 Å². The summed E-state index contributed by atoms with van der Waals surface area (Å²) < 4.78 is 29.9. The van der Waals surface area contributed by atoms with Crippen LogP contribution in [0.3, 0.4) is 0 Å². The molecule has 2 rings (SSSR count). The smallest absolute Gasteiger partial charge is 0.239 e. The Bertz CT molecular complexity index is 415. The largest absolute Gasteiger partial charge is 0.492 e. The maximum atomic E-state index is 12.3. The van der Waals surface area contributed by atoms with E-state index >= 15 is 0 Å². The van der Waals surface area contributed by atoms with Crippen LogP contribution < -0.4 is 4.74 Å². The first-order chi connectivity index (χ1) is 7.59. The molecule has 16 heavy (non-hydrogen) atoms. The van der Waals surface area contributed by atoms with Gasteiger partial charge >= 0.3 is 0 Å². The standard InChI is InChI=1S/C12H12F2O2/c1-7-3-2-4-9-11(7)12(15)8(6-16-9)5-10(13)14/h2-4,8,10H,5-6H2,1H3. The van der Waals surface area contributed by atoms with Gasteiger partial charge in [0.05, 0.1) is 18.1 Å². The summed E-state index contributed by atoms with van der Waals surface area (Å²) in [6, 6.07) is 5.26. The van der Waals surface area contributed by atoms with Crippen molar-refractivity contribution in [3.8, 4) is 5.75 Å². The summed E-state index contributed by atoms with van der Waals surface area (Å²) in [6.07, 6.45) is -2.89. The molecule has 4 heteroatoms. The molecule has 0 N–H and O–H groups in total. The Morgan fingerprint density at radius 1 is 1.50 bits per heavy atom. The molecule has 0 fully saturated rings. The molecular weight excluding hydrogens is 214 g/mol. The lowest BCUT2D eigenvalue weighted by Gasteiger charge is -2.24. The van der Waals surface area contributed by atoms with Gasteiger partial charge in [-0.2, -0.15) is 0 Å². The molecule has 1 aromatic rings. The zero-order valence-electron chi connectivity index (χ0n) is 8.87. The molecule has 0 bridgehead atoms. The van der Waals surface area contributed by atoms with Gasteiger partial charge in [-0.25, -0.2) is 8.78 Å². The number of hydrogen-bond donors (Lipinski definition) is 0. The average Bonchev–Trinajstić information content (AvgIpc) is 2.22. The lowest BCUT2D eigenvalue weighted by atomic mass is 9.90. The van der Waals surface area contributed by atoms with Gasteiger partial charge in [-0.3, -0.25) is 4.79 Å². The highest BCUT2D eigenvalue weighted by Gasteiger charge is 2.31. The van der Waals surface area contributed by atoms with Crippen LogP contribution in [0.25, 0.3) is 0 Å². The van der Waals surface area contributed by atoms with Crippen molar-refractivity contribution in [1.29, 1.82) is 0 Å². The summed E-state index contributed by atoms with van der Waals surface area (Å²) in [5.74, 6) is -0.427. The van der Waals surface area contributed by atoms with Crippen molar-refractivity contribution in [1.82, 2.24) is 0 Å². The molecule has 0 aliphatic carbocycles. The second-order valence-corrected chi connectivity index (χ2v) is 3.95. The number of ether oxygens (including phenoxy) is 1. The van der Waals surface area contributed by atoms with Gasteiger partial charge in [0, 0.05) is 6.42 Å². The van der Waals surface area contributed by atoms with Crippen molar-refractivity contribution in [2.45, 2.75) is 19.8 Å². The Kier molecular flexibility index (Phi) is 2.90. The van der Waals surface area contributed by atoms with Gasteiger partial charge in [-0.05, 0) is 18.6 Å². The molecule has 0 saturated heterocycles. The Hall–Kier alpha value is -1.45. The molecule has 1 atom stereocenters. The van der Waals surface area contributed by atoms with Crippen molar-refractivity contribution in [3.05, 3.63) is 29.3 Å². The van der Waals surface area contributed by atoms with Crippen LogP contribution >= 0.6 is 0 Å². The average molecular weight is 226 g/mol. The van der Waals surface area contributed by atoms with E-state index < -0.39 is 18.8 Å². The third kappa shape index (κ3) is 1.92. The first kappa shape index (κ1) is 11.0. The van der Waals surface area contributed by atoms with Crippen molar-refractivity contribution >= 4 is 5.78 Å². The number of fused-ring (bicyclic) bond motifs is 1. The third-order valence-corrected chi connectivity index (χ3v) is 2.75. The zero-order valence-corrected chi connectivity index (χ0v) is 8.87. The molecule has 1 aliphatic heterocycles. The second kappa shape index (κ2) is 4.20. The summed E-state index contributed by atoms with van der Waals surface area (Å²) in [6.45, 7) is 1.84. The van der Waals surface area contributed by atoms with Crippen LogP contribution in [0.15, 0.2) is 18.2 Å². The van der Waals surface area contributed by atoms with Crippen LogP contribution in [-0.2, 0) is 0 Å². The van der Waals surface area contributed by atoms with Crippen LogP contribution in [0.2, 0.25) is 0 Å². The number of Topliss-reactive ketones (excluding diaryl/α,β-unsaturated/α-hetero) is 1. The first-order valence-electron chi connectivity index (χ1n) is 5.14. The summed E-state index contributed by atoms with van der Waals surface area (Å²) in [5, 5.41) is 0. The van der Waals surface area contributed by atoms with E-state index in [1.54, 1.807) is 25.1 Å². The van der Waals surface area contributed by atoms with E-state index in [4.69, 9.17) is 4.74 Å². The number of hydrogen-bond acceptors (Lipinski definition) is 2. The lowest BCUT2D eigenvalue weighted by Crippen LogP contribution is -2.30. The molecule has 2 nitrogen and oxygen atoms in total. The third-order valence-electron chi connectivity index (χ3n) is 2.75. The fraction of sp³-hybridized carbons (Fsp3) is 0.417. The summed E-state index contributed by atoms with van der Waals surface area (Å²) in [4.78, 5) is 12.0. The Balaban J connectivity index is 2.31. The van der Waals surface area contributed by atoms with Crippen LogP contribution in [0.5, 0.6) is 5.75 Å². The molecule has 0 spiro atoms. The van der Waals surface area contributed by atoms with Crippen LogP contribution in [0.1, 0.15) is 22.3 Å². The van der Waals surface area contributed by atoms with E-state index in [0.717, 1.165) is 5.56 Å². The minimum absolute atomic E-state index is 0.0552. The molecule has 1 heterocycles. The maximum absolute atomic E-state index is 12.3. The molecule has 0 radical (unpaired) electrons. The zero-order chi connectivity index (χ0) is 11.7. The SMILES string of the molecule is Cc1cccc2c1C(=O)C(CC(F)F)CO2. The molecule has 1 aliphatic rings. The monoisotopic (exact) mass is 226 g/mol. The van der Waals surface area contributed by atoms with Gasteiger partial charge in [0.15, 0.2) is 5.78 Å². The first-order valence-corrected chi connectivity index (χ1v) is 5.14. The summed E-state index contributed by atoms with van der Waals surface area (Å²) in [7, 11) is 0. The molecule has 0 aromatic heterocycles. The number of carbonyl (C=O) groups excluding carboxylic acids is 1. The van der Waals surface area contributed by atoms with Crippen LogP contribution in [0, 0.1) is 12.8 Å². The summed E-state index contributed by atoms with van der Waals surface area (Å²) >= 11 is 0. The molecule has 0 saturated carbocycles. The Labute approximate surface area is 92.2 Å². The fourth-order valence-corrected chi connectivity index (χ4v) is 1.94. The quantitative estimate of drug-likeness (QED) is 0.775. The van der Waals surface area contributed by atoms with Gasteiger partial charge in [0.1, 0.15) is 5.75 Å². The van der Waals surface area contributed by atoms with E-state index in [-0.39, 0.29) is 12.4 Å². The van der Waals surface area contributed by atoms with Crippen LogP contribution in [0.4, 0.5) is 8.78 Å². The highest BCUT2D eigenvalue weighted by atomic mass is 19.3. The Morgan fingerprint density at radius 3 is 2.94 bits per heavy atom. The van der Waals surface area contributed by atoms with Crippen molar-refractivity contribution < 1.29 is 18.3 Å². The number of benzene rings is 1. The number of rotatable bonds is 2. The number of carbonyl (C=O) groups is 1. The van der Waals surface area contributed by atoms with Gasteiger partial charge in [0.2, 0.25) is 6.43 Å². The molecule has 86 valence electrons. The predicted molar refractivity (Wildman–Crippen MR) is 55.1 cm³/mol. The van der Waals surface area contributed by atoms with Gasteiger partial charge in [0.25, 0.3) is 0 Å². The second-order valence-electron chi connectivity index (χ2n) is 3.95. The number of alkyl halides is 2. The maximum Gasteiger partial charge on any atom is 0.239 e. The van der Waals surface area contributed by atoms with Gasteiger partial charge in [-0.1, -0.05) is 12.1 Å². The molecule has 1 aromatic carbocycles. The molecular formula is C12H12F2O2. The predicted octanol–water partition coefficient (Wildman–Crippen LogP) is 2.84. The number of halogens is 2. The van der Waals surface area contributed by atoms with E-state index in [9.17, 15) is 13.6 Å². The van der Waals surface area contributed by atoms with Crippen LogP contribution in [-0.4, -0.2) is 18.8 Å². The topological polar surface area (TPSA) is 26.3 Å². The minimum atomic E-state index is -2.47. The lowest BCUT2D eigenvalue weighted by molar-refractivity contribution is 0.0639. The molecule has 1 unspecified atom stereocenters. The minimum Gasteiger partial charge on any atom is -0.492 e. The van der Waals surface area contributed by atoms with E-state index in [1.165, 1.54) is 0 Å². The van der Waals surface area contributed by atoms with Gasteiger partial charge < -0.3 is 4.74 Å². The molecule has 0 amide bonds. The van der Waals surface area contributed by atoms with E-state index in [1.807, 2.05) is 0 Å². The van der Waals surface area contributed by atoms with Crippen molar-refractivity contribution in [2.75, 3.05) is 6.61 Å². The van der Waals surface area contributed by atoms with E-state index in [0.29, 0.717) is 11.3 Å². The normalized spacial score (nSPS) is 19.5. The van der Waals surface area contributed by atoms with E-state index in [2.05, 4.69) is 0 Å². The fourth-order valence-electron chi connectivity index (χ4n) is 1.94. The highest BCUT2D eigenvalue weighted by Crippen LogP contribution is 2.31. The van der Waals surface area contributed by atoms with Crippen molar-refractivity contribution in [2.24, 2.45) is 5.92 Å². The number of aryl methyl sites for hydroxylation is 1. The number of ketones is 1. The highest BCUT2D eigenvalue weighted by molar-refractivity contribution is 6.02. The van der Waals surface area contributed by atoms with Gasteiger partial charge in [-0.15, -0.1) is 0 Å². The summed E-state index contributed by atoms with van der Waals surface area (Å²) in [5.41, 5.74) is 1.24.